The molecule has 2 fully saturated rings. The Labute approximate surface area is 178 Å². The van der Waals surface area contributed by atoms with Gasteiger partial charge in [0, 0.05) is 26.2 Å². The molecule has 2 aliphatic rings. The summed E-state index contributed by atoms with van der Waals surface area (Å²) in [5.41, 5.74) is 0.707. The number of piperazine rings is 1. The molecule has 0 radical (unpaired) electrons. The molecule has 1 aromatic carbocycles. The summed E-state index contributed by atoms with van der Waals surface area (Å²) in [5.74, 6) is 1.43. The molecule has 1 aliphatic heterocycles. The van der Waals surface area contributed by atoms with E-state index in [1.54, 1.807) is 12.1 Å². The molecule has 2 aromatic rings. The summed E-state index contributed by atoms with van der Waals surface area (Å²) in [6.45, 7) is 7.94. The summed E-state index contributed by atoms with van der Waals surface area (Å²) in [5, 5.41) is 12.9. The Bertz CT molecular complexity index is 768. The zero-order valence-electron chi connectivity index (χ0n) is 17.4. The van der Waals surface area contributed by atoms with Crippen molar-refractivity contribution in [3.05, 3.63) is 35.9 Å². The fourth-order valence-electron chi connectivity index (χ4n) is 4.68. The van der Waals surface area contributed by atoms with Crippen LogP contribution < -0.4 is 4.90 Å². The molecule has 0 spiro atoms. The summed E-state index contributed by atoms with van der Waals surface area (Å²) in [4.78, 5) is 4.65. The van der Waals surface area contributed by atoms with Gasteiger partial charge in [-0.05, 0) is 47.7 Å². The Morgan fingerprint density at radius 3 is 2.41 bits per heavy atom. The molecule has 2 heterocycles. The van der Waals surface area contributed by atoms with E-state index in [0.29, 0.717) is 17.6 Å². The summed E-state index contributed by atoms with van der Waals surface area (Å²) >= 11 is 0. The second-order valence-corrected chi connectivity index (χ2v) is 8.54. The van der Waals surface area contributed by atoms with Gasteiger partial charge in [0.2, 0.25) is 0 Å². The number of para-hydroxylation sites is 1. The number of rotatable bonds is 6. The molecule has 29 heavy (non-hydrogen) atoms. The summed E-state index contributed by atoms with van der Waals surface area (Å²) in [6, 6.07) is 7.73. The van der Waals surface area contributed by atoms with Gasteiger partial charge in [-0.1, -0.05) is 38.8 Å². The van der Waals surface area contributed by atoms with Crippen LogP contribution in [0.25, 0.3) is 0 Å². The lowest BCUT2D eigenvalue weighted by molar-refractivity contribution is 0.150. The van der Waals surface area contributed by atoms with Gasteiger partial charge in [-0.2, -0.15) is 0 Å². The predicted molar refractivity (Wildman–Crippen MR) is 115 cm³/mol. The predicted octanol–water partition coefficient (Wildman–Crippen LogP) is 4.26. The molecule has 1 saturated heterocycles. The SMILES string of the molecule is CC(C)CC(c1nnnn1C1CCCC1)N1CCN(c2ccccc2F)CC1.Cl. The van der Waals surface area contributed by atoms with Crippen LogP contribution in [0, 0.1) is 11.7 Å². The van der Waals surface area contributed by atoms with Crippen LogP contribution in [-0.4, -0.2) is 51.3 Å². The zero-order valence-corrected chi connectivity index (χ0v) is 18.2. The molecule has 1 aliphatic carbocycles. The van der Waals surface area contributed by atoms with Crippen molar-refractivity contribution in [2.75, 3.05) is 31.1 Å². The Morgan fingerprint density at radius 1 is 1.07 bits per heavy atom. The van der Waals surface area contributed by atoms with Crippen LogP contribution in [-0.2, 0) is 0 Å². The number of nitrogens with zero attached hydrogens (tertiary/aromatic N) is 6. The first-order chi connectivity index (χ1) is 13.6. The van der Waals surface area contributed by atoms with Crippen LogP contribution >= 0.6 is 12.4 Å². The second-order valence-electron chi connectivity index (χ2n) is 8.54. The van der Waals surface area contributed by atoms with Gasteiger partial charge in [-0.3, -0.25) is 4.90 Å². The van der Waals surface area contributed by atoms with Gasteiger partial charge in [0.25, 0.3) is 0 Å². The van der Waals surface area contributed by atoms with Gasteiger partial charge in [-0.15, -0.1) is 17.5 Å². The van der Waals surface area contributed by atoms with Gasteiger partial charge in [0.1, 0.15) is 5.82 Å². The fourth-order valence-corrected chi connectivity index (χ4v) is 4.68. The minimum absolute atomic E-state index is 0. The molecule has 8 heteroatoms. The molecule has 160 valence electrons. The first-order valence-electron chi connectivity index (χ1n) is 10.6. The van der Waals surface area contributed by atoms with Gasteiger partial charge in [-0.25, -0.2) is 9.07 Å². The zero-order chi connectivity index (χ0) is 19.5. The standard InChI is InChI=1S/C21H31FN6.ClH/c1-16(2)15-20(21-23-24-25-28(21)17-7-3-4-8-17)27-13-11-26(12-14-27)19-10-6-5-9-18(19)22;/h5-6,9-10,16-17,20H,3-4,7-8,11-15H2,1-2H3;1H. The largest absolute Gasteiger partial charge is 0.367 e. The molecular weight excluding hydrogens is 391 g/mol. The highest BCUT2D eigenvalue weighted by Crippen LogP contribution is 2.34. The molecule has 1 saturated carbocycles. The van der Waals surface area contributed by atoms with E-state index in [2.05, 4.69) is 43.9 Å². The maximum absolute atomic E-state index is 14.2. The van der Waals surface area contributed by atoms with E-state index in [0.717, 1.165) is 38.4 Å². The lowest BCUT2D eigenvalue weighted by atomic mass is 10.0. The molecule has 6 nitrogen and oxygen atoms in total. The highest BCUT2D eigenvalue weighted by Gasteiger charge is 2.32. The summed E-state index contributed by atoms with van der Waals surface area (Å²) in [7, 11) is 0. The van der Waals surface area contributed by atoms with Gasteiger partial charge in [0.05, 0.1) is 17.8 Å². The third-order valence-corrected chi connectivity index (χ3v) is 6.13. The van der Waals surface area contributed by atoms with Gasteiger partial charge < -0.3 is 4.90 Å². The van der Waals surface area contributed by atoms with Crippen molar-refractivity contribution in [2.45, 2.75) is 58.0 Å². The number of halogens is 2. The van der Waals surface area contributed by atoms with E-state index in [1.807, 2.05) is 12.1 Å². The molecule has 0 N–H and O–H groups in total. The number of hydrogen-bond donors (Lipinski definition) is 0. The highest BCUT2D eigenvalue weighted by molar-refractivity contribution is 5.85. The van der Waals surface area contributed by atoms with Crippen LogP contribution in [0.15, 0.2) is 24.3 Å². The van der Waals surface area contributed by atoms with E-state index in [-0.39, 0.29) is 24.3 Å². The van der Waals surface area contributed by atoms with Crippen LogP contribution in [0.4, 0.5) is 10.1 Å². The van der Waals surface area contributed by atoms with Crippen molar-refractivity contribution < 1.29 is 4.39 Å². The lowest BCUT2D eigenvalue weighted by Crippen LogP contribution is -2.48. The maximum atomic E-state index is 14.2. The van der Waals surface area contributed by atoms with Crippen molar-refractivity contribution in [1.82, 2.24) is 25.1 Å². The topological polar surface area (TPSA) is 50.1 Å². The Kier molecular flexibility index (Phi) is 7.46. The van der Waals surface area contributed by atoms with Crippen molar-refractivity contribution in [2.24, 2.45) is 5.92 Å². The van der Waals surface area contributed by atoms with Crippen LogP contribution in [0.2, 0.25) is 0 Å². The molecule has 1 unspecified atom stereocenters. The summed E-state index contributed by atoms with van der Waals surface area (Å²) < 4.78 is 16.3. The number of anilines is 1. The van der Waals surface area contributed by atoms with Crippen molar-refractivity contribution in [1.29, 1.82) is 0 Å². The Hall–Kier alpha value is -1.73. The van der Waals surface area contributed by atoms with Gasteiger partial charge >= 0.3 is 0 Å². The van der Waals surface area contributed by atoms with Crippen LogP contribution in [0.3, 0.4) is 0 Å². The van der Waals surface area contributed by atoms with Crippen LogP contribution in [0.1, 0.15) is 63.9 Å². The van der Waals surface area contributed by atoms with E-state index >= 15 is 0 Å². The normalized spacial score (nSPS) is 19.5. The smallest absolute Gasteiger partial charge is 0.168 e. The molecule has 1 aromatic heterocycles. The average Bonchev–Trinajstić information content (AvgIpc) is 3.38. The van der Waals surface area contributed by atoms with E-state index < -0.39 is 0 Å². The quantitative estimate of drug-likeness (QED) is 0.696. The lowest BCUT2D eigenvalue weighted by Gasteiger charge is -2.40. The first-order valence-corrected chi connectivity index (χ1v) is 10.6. The van der Waals surface area contributed by atoms with Gasteiger partial charge in [0.15, 0.2) is 5.82 Å². The molecule has 4 rings (SSSR count). The van der Waals surface area contributed by atoms with Crippen molar-refractivity contribution in [3.63, 3.8) is 0 Å². The highest BCUT2D eigenvalue weighted by atomic mass is 35.5. The second kappa shape index (κ2) is 9.85. The maximum Gasteiger partial charge on any atom is 0.168 e. The number of benzene rings is 1. The minimum Gasteiger partial charge on any atom is -0.367 e. The van der Waals surface area contributed by atoms with E-state index in [4.69, 9.17) is 0 Å². The number of tetrazole rings is 1. The molecular formula is C21H32ClFN6. The first kappa shape index (κ1) is 22.0. The average molecular weight is 423 g/mol. The van der Waals surface area contributed by atoms with Crippen LogP contribution in [0.5, 0.6) is 0 Å². The third-order valence-electron chi connectivity index (χ3n) is 6.13. The minimum atomic E-state index is -0.139. The number of hydrogen-bond acceptors (Lipinski definition) is 5. The third kappa shape index (κ3) is 4.89. The van der Waals surface area contributed by atoms with Crippen molar-refractivity contribution in [3.8, 4) is 0 Å². The monoisotopic (exact) mass is 422 g/mol. The molecule has 1 atom stereocenters. The molecule has 0 bridgehead atoms. The van der Waals surface area contributed by atoms with Crippen molar-refractivity contribution >= 4 is 18.1 Å². The molecule has 0 amide bonds. The Balaban J connectivity index is 0.00000240. The number of aromatic nitrogens is 4. The Morgan fingerprint density at radius 2 is 1.76 bits per heavy atom. The van der Waals surface area contributed by atoms with E-state index in [9.17, 15) is 4.39 Å². The van der Waals surface area contributed by atoms with E-state index in [1.165, 1.54) is 25.7 Å². The summed E-state index contributed by atoms with van der Waals surface area (Å²) in [6.07, 6.45) is 5.91. The fraction of sp³-hybridized carbons (Fsp3) is 0.667.